The zero-order valence-electron chi connectivity index (χ0n) is 7.54. The monoisotopic (exact) mass is 261 g/mol. The topological polar surface area (TPSA) is 32.9 Å². The summed E-state index contributed by atoms with van der Waals surface area (Å²) in [5, 5.41) is 0. The summed E-state index contributed by atoms with van der Waals surface area (Å²) in [6.07, 6.45) is -8.54. The molecule has 8 heteroatoms. The van der Waals surface area contributed by atoms with E-state index < -0.39 is 35.2 Å². The number of pyridine rings is 1. The largest absolute Gasteiger partial charge is 0.431 e. The van der Waals surface area contributed by atoms with E-state index >= 15 is 0 Å². The van der Waals surface area contributed by atoms with Gasteiger partial charge in [-0.2, -0.15) is 13.2 Å². The van der Waals surface area contributed by atoms with Gasteiger partial charge in [0.2, 0.25) is 0 Å². The molecule has 0 unspecified atom stereocenters. The van der Waals surface area contributed by atoms with E-state index in [-0.39, 0.29) is 5.69 Å². The second kappa shape index (κ2) is 4.40. The van der Waals surface area contributed by atoms with E-state index in [9.17, 15) is 26.7 Å². The lowest BCUT2D eigenvalue weighted by Gasteiger charge is -2.12. The molecule has 1 heterocycles. The summed E-state index contributed by atoms with van der Waals surface area (Å²) in [7, 11) is 0. The van der Waals surface area contributed by atoms with Crippen molar-refractivity contribution in [2.24, 2.45) is 0 Å². The molecule has 0 radical (unpaired) electrons. The van der Waals surface area contributed by atoms with Gasteiger partial charge in [-0.25, -0.2) is 8.78 Å². The Hall–Kier alpha value is -1.11. The first-order valence-corrected chi connectivity index (χ1v) is 4.48. The quantitative estimate of drug-likeness (QED) is 0.644. The zero-order chi connectivity index (χ0) is 12.5. The molecule has 0 amide bonds. The van der Waals surface area contributed by atoms with Gasteiger partial charge < -0.3 is 4.98 Å². The van der Waals surface area contributed by atoms with E-state index in [2.05, 4.69) is 0 Å². The maximum Gasteiger partial charge on any atom is 0.431 e. The second-order valence-corrected chi connectivity index (χ2v) is 3.15. The first kappa shape index (κ1) is 13.0. The van der Waals surface area contributed by atoms with Crippen molar-refractivity contribution in [2.75, 3.05) is 0 Å². The number of alkyl halides is 6. The van der Waals surface area contributed by atoms with Crippen LogP contribution >= 0.6 is 11.6 Å². The first-order chi connectivity index (χ1) is 7.27. The van der Waals surface area contributed by atoms with Crippen LogP contribution < -0.4 is 5.43 Å². The molecule has 0 aliphatic rings. The van der Waals surface area contributed by atoms with Crippen molar-refractivity contribution in [1.82, 2.24) is 4.98 Å². The van der Waals surface area contributed by atoms with Crippen LogP contribution in [0.2, 0.25) is 0 Å². The lowest BCUT2D eigenvalue weighted by molar-refractivity contribution is -0.143. The molecule has 0 aliphatic carbocycles. The van der Waals surface area contributed by atoms with Gasteiger partial charge in [-0.05, 0) is 0 Å². The molecule has 1 rings (SSSR count). The van der Waals surface area contributed by atoms with Gasteiger partial charge in [-0.3, -0.25) is 4.79 Å². The van der Waals surface area contributed by atoms with Crippen molar-refractivity contribution in [3.63, 3.8) is 0 Å². The number of halogens is 6. The van der Waals surface area contributed by atoms with Crippen LogP contribution in [0.25, 0.3) is 0 Å². The molecule has 0 bridgehead atoms. The molecule has 1 aromatic heterocycles. The smallest absolute Gasteiger partial charge is 0.353 e. The Morgan fingerprint density at radius 3 is 2.31 bits per heavy atom. The number of hydrogen-bond acceptors (Lipinski definition) is 1. The van der Waals surface area contributed by atoms with Gasteiger partial charge in [0.05, 0.1) is 11.4 Å². The maximum atomic E-state index is 12.4. The van der Waals surface area contributed by atoms with E-state index in [1.54, 1.807) is 4.98 Å². The normalized spacial score (nSPS) is 12.2. The fraction of sp³-hybridized carbons (Fsp3) is 0.375. The van der Waals surface area contributed by atoms with E-state index in [4.69, 9.17) is 11.6 Å². The van der Waals surface area contributed by atoms with Crippen molar-refractivity contribution in [1.29, 1.82) is 0 Å². The fourth-order valence-corrected chi connectivity index (χ4v) is 1.28. The number of nitrogens with one attached hydrogen (secondary N) is 1. The molecule has 0 aromatic carbocycles. The summed E-state index contributed by atoms with van der Waals surface area (Å²) in [6.45, 7) is 0. The predicted molar refractivity (Wildman–Crippen MR) is 46.6 cm³/mol. The summed E-state index contributed by atoms with van der Waals surface area (Å²) >= 11 is 5.23. The fourth-order valence-electron chi connectivity index (χ4n) is 1.14. The van der Waals surface area contributed by atoms with Gasteiger partial charge in [-0.1, -0.05) is 0 Å². The van der Waals surface area contributed by atoms with Crippen LogP contribution in [0.15, 0.2) is 10.9 Å². The van der Waals surface area contributed by atoms with Crippen LogP contribution in [0, 0.1) is 0 Å². The minimum atomic E-state index is -5.05. The summed E-state index contributed by atoms with van der Waals surface area (Å²) in [5.41, 5.74) is -4.97. The lowest BCUT2D eigenvalue weighted by atomic mass is 10.1. The molecular weight excluding hydrogens is 257 g/mol. The van der Waals surface area contributed by atoms with Crippen LogP contribution in [0.3, 0.4) is 0 Å². The Morgan fingerprint density at radius 2 is 1.94 bits per heavy atom. The van der Waals surface area contributed by atoms with Crippen molar-refractivity contribution in [3.05, 3.63) is 33.2 Å². The van der Waals surface area contributed by atoms with Gasteiger partial charge >= 0.3 is 6.18 Å². The molecule has 1 aromatic rings. The lowest BCUT2D eigenvalue weighted by Crippen LogP contribution is -2.22. The van der Waals surface area contributed by atoms with Crippen LogP contribution in [0.5, 0.6) is 0 Å². The molecule has 0 aliphatic heterocycles. The number of H-pyrrole nitrogens is 1. The summed E-state index contributed by atoms with van der Waals surface area (Å²) < 4.78 is 61.7. The third-order valence-electron chi connectivity index (χ3n) is 1.77. The van der Waals surface area contributed by atoms with Gasteiger partial charge in [0.15, 0.2) is 5.43 Å². The molecule has 1 N–H and O–H groups in total. The highest BCUT2D eigenvalue weighted by Gasteiger charge is 2.38. The number of aromatic amines is 1. The van der Waals surface area contributed by atoms with Crippen LogP contribution in [0.4, 0.5) is 22.0 Å². The Morgan fingerprint density at radius 1 is 1.38 bits per heavy atom. The molecule has 0 spiro atoms. The third-order valence-corrected chi connectivity index (χ3v) is 2.06. The highest BCUT2D eigenvalue weighted by atomic mass is 35.5. The molecular formula is C8H5ClF5NO. The van der Waals surface area contributed by atoms with Crippen LogP contribution in [-0.4, -0.2) is 4.98 Å². The molecule has 0 atom stereocenters. The highest BCUT2D eigenvalue weighted by Crippen LogP contribution is 2.33. The standard InChI is InChI=1S/C8H5ClF5NO/c9-2-3-1-4(16)5(7(10)11)6(15-3)8(12,13)14/h1,7H,2H2,(H,15,16). The number of rotatable bonds is 2. The van der Waals surface area contributed by atoms with E-state index in [0.29, 0.717) is 6.07 Å². The molecule has 16 heavy (non-hydrogen) atoms. The average molecular weight is 262 g/mol. The number of hydrogen-bond donors (Lipinski definition) is 1. The minimum Gasteiger partial charge on any atom is -0.353 e. The highest BCUT2D eigenvalue weighted by molar-refractivity contribution is 6.16. The SMILES string of the molecule is O=c1cc(CCl)[nH]c(C(F)(F)F)c1C(F)F. The van der Waals surface area contributed by atoms with Gasteiger partial charge in [0.25, 0.3) is 6.43 Å². The summed E-state index contributed by atoms with van der Waals surface area (Å²) in [4.78, 5) is 12.7. The molecule has 2 nitrogen and oxygen atoms in total. The third kappa shape index (κ3) is 2.52. The van der Waals surface area contributed by atoms with E-state index in [1.165, 1.54) is 0 Å². The molecule has 90 valence electrons. The summed E-state index contributed by atoms with van der Waals surface area (Å²) in [6, 6.07) is 0.629. The Kier molecular flexibility index (Phi) is 3.57. The van der Waals surface area contributed by atoms with Gasteiger partial charge in [0.1, 0.15) is 5.69 Å². The minimum absolute atomic E-state index is 0.261. The van der Waals surface area contributed by atoms with Crippen molar-refractivity contribution >= 4 is 11.6 Å². The number of aromatic nitrogens is 1. The Labute approximate surface area is 91.0 Å². The predicted octanol–water partition coefficient (Wildman–Crippen LogP) is 3.07. The van der Waals surface area contributed by atoms with E-state index in [0.717, 1.165) is 0 Å². The molecule has 0 fully saturated rings. The van der Waals surface area contributed by atoms with Crippen LogP contribution in [-0.2, 0) is 12.1 Å². The molecule has 0 saturated heterocycles. The zero-order valence-corrected chi connectivity index (χ0v) is 8.29. The van der Waals surface area contributed by atoms with Crippen molar-refractivity contribution < 1.29 is 22.0 Å². The second-order valence-electron chi connectivity index (χ2n) is 2.88. The van der Waals surface area contributed by atoms with E-state index in [1.807, 2.05) is 0 Å². The molecule has 0 saturated carbocycles. The Bertz CT molecular complexity index is 439. The summed E-state index contributed by atoms with van der Waals surface area (Å²) in [5.74, 6) is -0.401. The first-order valence-electron chi connectivity index (χ1n) is 3.94. The van der Waals surface area contributed by atoms with Crippen LogP contribution in [0.1, 0.15) is 23.4 Å². The Balaban J connectivity index is 3.54. The van der Waals surface area contributed by atoms with Gasteiger partial charge in [0, 0.05) is 11.8 Å². The average Bonchev–Trinajstić information content (AvgIpc) is 2.14. The maximum absolute atomic E-state index is 12.4. The van der Waals surface area contributed by atoms with Gasteiger partial charge in [-0.15, -0.1) is 11.6 Å². The van der Waals surface area contributed by atoms with Crippen molar-refractivity contribution in [3.8, 4) is 0 Å². The van der Waals surface area contributed by atoms with Crippen molar-refractivity contribution in [2.45, 2.75) is 18.5 Å².